The molecule has 0 spiro atoms. The molecule has 2 nitrogen and oxygen atoms in total. The maximum Gasteiger partial charge on any atom is 0.123 e. The predicted molar refractivity (Wildman–Crippen MR) is 73.9 cm³/mol. The largest absolute Gasteiger partial charge is 0.326 e. The SMILES string of the molecule is CC(C)Cc1nc(-c2ccc(F)cc2)sc1CN. The van der Waals surface area contributed by atoms with Crippen LogP contribution >= 0.6 is 11.3 Å². The fourth-order valence-corrected chi connectivity index (χ4v) is 2.78. The quantitative estimate of drug-likeness (QED) is 0.916. The standard InChI is InChI=1S/C14H17FN2S/c1-9(2)7-12-13(8-16)18-14(17-12)10-3-5-11(15)6-4-10/h3-6,9H,7-8,16H2,1-2H3. The lowest BCUT2D eigenvalue weighted by Gasteiger charge is -2.02. The first-order valence-electron chi connectivity index (χ1n) is 6.04. The first-order chi connectivity index (χ1) is 8.60. The molecule has 0 aliphatic carbocycles. The second kappa shape index (κ2) is 5.59. The topological polar surface area (TPSA) is 38.9 Å². The van der Waals surface area contributed by atoms with Gasteiger partial charge in [-0.2, -0.15) is 0 Å². The van der Waals surface area contributed by atoms with Crippen LogP contribution in [-0.2, 0) is 13.0 Å². The minimum Gasteiger partial charge on any atom is -0.326 e. The van der Waals surface area contributed by atoms with Gasteiger partial charge in [-0.15, -0.1) is 11.3 Å². The van der Waals surface area contributed by atoms with Crippen LogP contribution < -0.4 is 5.73 Å². The summed E-state index contributed by atoms with van der Waals surface area (Å²) >= 11 is 1.60. The summed E-state index contributed by atoms with van der Waals surface area (Å²) in [6, 6.07) is 6.43. The average Bonchev–Trinajstić information content (AvgIpc) is 2.72. The Morgan fingerprint density at radius 1 is 1.28 bits per heavy atom. The van der Waals surface area contributed by atoms with Crippen molar-refractivity contribution in [3.63, 3.8) is 0 Å². The highest BCUT2D eigenvalue weighted by Crippen LogP contribution is 2.29. The van der Waals surface area contributed by atoms with Gasteiger partial charge >= 0.3 is 0 Å². The Hall–Kier alpha value is -1.26. The summed E-state index contributed by atoms with van der Waals surface area (Å²) in [5.41, 5.74) is 7.78. The summed E-state index contributed by atoms with van der Waals surface area (Å²) in [7, 11) is 0. The number of benzene rings is 1. The van der Waals surface area contributed by atoms with Crippen molar-refractivity contribution in [3.05, 3.63) is 40.7 Å². The average molecular weight is 264 g/mol. The Bertz CT molecular complexity index is 517. The van der Waals surface area contributed by atoms with Crippen molar-refractivity contribution >= 4 is 11.3 Å². The Balaban J connectivity index is 2.34. The third-order valence-corrected chi connectivity index (χ3v) is 3.83. The van der Waals surface area contributed by atoms with Gasteiger partial charge in [0.2, 0.25) is 0 Å². The summed E-state index contributed by atoms with van der Waals surface area (Å²) < 4.78 is 12.9. The molecule has 0 saturated heterocycles. The van der Waals surface area contributed by atoms with E-state index in [-0.39, 0.29) is 5.82 Å². The van der Waals surface area contributed by atoms with Crippen LogP contribution in [0.5, 0.6) is 0 Å². The lowest BCUT2D eigenvalue weighted by Crippen LogP contribution is -2.01. The molecule has 96 valence electrons. The van der Waals surface area contributed by atoms with E-state index in [1.165, 1.54) is 12.1 Å². The highest BCUT2D eigenvalue weighted by Gasteiger charge is 2.12. The highest BCUT2D eigenvalue weighted by atomic mass is 32.1. The summed E-state index contributed by atoms with van der Waals surface area (Å²) in [4.78, 5) is 5.76. The van der Waals surface area contributed by atoms with Gasteiger partial charge in [-0.1, -0.05) is 13.8 Å². The van der Waals surface area contributed by atoms with Crippen molar-refractivity contribution in [2.24, 2.45) is 11.7 Å². The summed E-state index contributed by atoms with van der Waals surface area (Å²) in [5.74, 6) is 0.329. The molecule has 18 heavy (non-hydrogen) atoms. The Labute approximate surface area is 111 Å². The highest BCUT2D eigenvalue weighted by molar-refractivity contribution is 7.15. The van der Waals surface area contributed by atoms with Crippen LogP contribution in [0, 0.1) is 11.7 Å². The zero-order valence-corrected chi connectivity index (χ0v) is 11.4. The normalized spacial score (nSPS) is 11.2. The maximum atomic E-state index is 12.9. The van der Waals surface area contributed by atoms with E-state index < -0.39 is 0 Å². The van der Waals surface area contributed by atoms with Crippen LogP contribution in [0.25, 0.3) is 10.6 Å². The fourth-order valence-electron chi connectivity index (χ4n) is 1.80. The van der Waals surface area contributed by atoms with Gasteiger partial charge in [0, 0.05) is 17.0 Å². The molecule has 0 amide bonds. The molecule has 4 heteroatoms. The van der Waals surface area contributed by atoms with Crippen LogP contribution in [0.1, 0.15) is 24.4 Å². The Morgan fingerprint density at radius 2 is 1.94 bits per heavy atom. The molecular formula is C14H17FN2S. The van der Waals surface area contributed by atoms with Gasteiger partial charge in [-0.25, -0.2) is 9.37 Å². The van der Waals surface area contributed by atoms with Gasteiger partial charge in [-0.3, -0.25) is 0 Å². The number of hydrogen-bond donors (Lipinski definition) is 1. The van der Waals surface area contributed by atoms with Gasteiger partial charge in [0.05, 0.1) is 5.69 Å². The molecule has 2 N–H and O–H groups in total. The molecule has 0 fully saturated rings. The van der Waals surface area contributed by atoms with E-state index in [2.05, 4.69) is 18.8 Å². The number of halogens is 1. The van der Waals surface area contributed by atoms with Gasteiger partial charge in [0.25, 0.3) is 0 Å². The smallest absolute Gasteiger partial charge is 0.123 e. The molecule has 0 atom stereocenters. The first-order valence-corrected chi connectivity index (χ1v) is 6.86. The van der Waals surface area contributed by atoms with Gasteiger partial charge in [-0.05, 0) is 36.6 Å². The van der Waals surface area contributed by atoms with Crippen molar-refractivity contribution in [2.45, 2.75) is 26.8 Å². The van der Waals surface area contributed by atoms with Crippen LogP contribution in [0.4, 0.5) is 4.39 Å². The van der Waals surface area contributed by atoms with Crippen LogP contribution in [0.15, 0.2) is 24.3 Å². The molecule has 0 aliphatic heterocycles. The number of aromatic nitrogens is 1. The monoisotopic (exact) mass is 264 g/mol. The maximum absolute atomic E-state index is 12.9. The van der Waals surface area contributed by atoms with Crippen LogP contribution in [0.3, 0.4) is 0 Å². The van der Waals surface area contributed by atoms with Crippen molar-refractivity contribution < 1.29 is 4.39 Å². The summed E-state index contributed by atoms with van der Waals surface area (Å²) in [6.07, 6.45) is 0.935. The third-order valence-electron chi connectivity index (χ3n) is 2.66. The van der Waals surface area contributed by atoms with E-state index in [0.717, 1.165) is 27.6 Å². The van der Waals surface area contributed by atoms with Gasteiger partial charge in [0.15, 0.2) is 0 Å². The van der Waals surface area contributed by atoms with Crippen molar-refractivity contribution in [1.29, 1.82) is 0 Å². The number of hydrogen-bond acceptors (Lipinski definition) is 3. The van der Waals surface area contributed by atoms with E-state index in [0.29, 0.717) is 12.5 Å². The first kappa shape index (κ1) is 13.2. The summed E-state index contributed by atoms with van der Waals surface area (Å²) in [6.45, 7) is 4.84. The third kappa shape index (κ3) is 2.94. The zero-order valence-electron chi connectivity index (χ0n) is 10.6. The molecule has 2 rings (SSSR count). The van der Waals surface area contributed by atoms with E-state index >= 15 is 0 Å². The lowest BCUT2D eigenvalue weighted by atomic mass is 10.1. The zero-order chi connectivity index (χ0) is 13.1. The number of nitrogens with two attached hydrogens (primary N) is 1. The second-order valence-electron chi connectivity index (χ2n) is 4.70. The number of thiazole rings is 1. The number of nitrogens with zero attached hydrogens (tertiary/aromatic N) is 1. The fraction of sp³-hybridized carbons (Fsp3) is 0.357. The van der Waals surface area contributed by atoms with Gasteiger partial charge in [0.1, 0.15) is 10.8 Å². The van der Waals surface area contributed by atoms with E-state index in [1.54, 1.807) is 23.5 Å². The second-order valence-corrected chi connectivity index (χ2v) is 5.78. The molecular weight excluding hydrogens is 247 g/mol. The van der Waals surface area contributed by atoms with Crippen LogP contribution in [-0.4, -0.2) is 4.98 Å². The van der Waals surface area contributed by atoms with Crippen LogP contribution in [0.2, 0.25) is 0 Å². The Morgan fingerprint density at radius 3 is 2.50 bits per heavy atom. The minimum absolute atomic E-state index is 0.225. The van der Waals surface area contributed by atoms with Crippen molar-refractivity contribution in [3.8, 4) is 10.6 Å². The lowest BCUT2D eigenvalue weighted by molar-refractivity contribution is 0.628. The molecule has 0 unspecified atom stereocenters. The van der Waals surface area contributed by atoms with E-state index in [4.69, 9.17) is 5.73 Å². The molecule has 0 bridgehead atoms. The molecule has 0 radical (unpaired) electrons. The minimum atomic E-state index is -0.225. The molecule has 1 aromatic heterocycles. The van der Waals surface area contributed by atoms with Crippen molar-refractivity contribution in [1.82, 2.24) is 4.98 Å². The summed E-state index contributed by atoms with van der Waals surface area (Å²) in [5, 5.41) is 0.922. The van der Waals surface area contributed by atoms with E-state index in [9.17, 15) is 4.39 Å². The molecule has 1 heterocycles. The molecule has 2 aromatic rings. The molecule has 0 saturated carbocycles. The molecule has 1 aromatic carbocycles. The molecule has 0 aliphatic rings. The van der Waals surface area contributed by atoms with Crippen molar-refractivity contribution in [2.75, 3.05) is 0 Å². The Kier molecular flexibility index (Phi) is 4.09. The van der Waals surface area contributed by atoms with E-state index in [1.807, 2.05) is 0 Å². The predicted octanol–water partition coefficient (Wildman–Crippen LogP) is 3.61. The number of rotatable bonds is 4. The van der Waals surface area contributed by atoms with Gasteiger partial charge < -0.3 is 5.73 Å².